The summed E-state index contributed by atoms with van der Waals surface area (Å²) in [5.41, 5.74) is 3.02. The van der Waals surface area contributed by atoms with Gasteiger partial charge in [0.25, 0.3) is 0 Å². The first-order valence-corrected chi connectivity index (χ1v) is 10.4. The van der Waals surface area contributed by atoms with Gasteiger partial charge in [-0.1, -0.05) is 52.3 Å². The molecule has 28 heavy (non-hydrogen) atoms. The van der Waals surface area contributed by atoms with Crippen LogP contribution in [-0.4, -0.2) is 36.3 Å². The molecule has 1 aliphatic rings. The first-order valence-electron chi connectivity index (χ1n) is 9.61. The van der Waals surface area contributed by atoms with Gasteiger partial charge in [0.05, 0.1) is 6.54 Å². The van der Waals surface area contributed by atoms with Crippen molar-refractivity contribution < 1.29 is 9.59 Å². The number of nitrogens with zero attached hydrogens (tertiary/aromatic N) is 1. The second-order valence-electron chi connectivity index (χ2n) is 7.27. The summed E-state index contributed by atoms with van der Waals surface area (Å²) in [4.78, 5) is 26.8. The van der Waals surface area contributed by atoms with Crippen molar-refractivity contribution in [1.29, 1.82) is 0 Å². The van der Waals surface area contributed by atoms with Gasteiger partial charge < -0.3 is 10.6 Å². The third-order valence-corrected chi connectivity index (χ3v) is 5.95. The van der Waals surface area contributed by atoms with Crippen molar-refractivity contribution in [2.24, 2.45) is 5.92 Å². The van der Waals surface area contributed by atoms with E-state index in [1.807, 2.05) is 55.5 Å². The number of rotatable bonds is 6. The fourth-order valence-electron chi connectivity index (χ4n) is 3.36. The lowest BCUT2D eigenvalue weighted by Gasteiger charge is -2.30. The molecule has 2 aromatic carbocycles. The lowest BCUT2D eigenvalue weighted by Crippen LogP contribution is -2.43. The molecule has 0 spiro atoms. The van der Waals surface area contributed by atoms with E-state index < -0.39 is 0 Å². The SMILES string of the molecule is Cc1ccc(NC(=O)CN2CCC(C(=O)NCc3ccccc3)CC2)cc1Br. The number of nitrogens with one attached hydrogen (secondary N) is 2. The molecule has 0 atom stereocenters. The van der Waals surface area contributed by atoms with Crippen molar-refractivity contribution in [2.75, 3.05) is 25.0 Å². The van der Waals surface area contributed by atoms with Gasteiger partial charge in [0, 0.05) is 22.6 Å². The normalized spacial score (nSPS) is 15.2. The van der Waals surface area contributed by atoms with Crippen molar-refractivity contribution in [2.45, 2.75) is 26.3 Å². The van der Waals surface area contributed by atoms with Gasteiger partial charge in [0.2, 0.25) is 11.8 Å². The molecular formula is C22H26BrN3O2. The van der Waals surface area contributed by atoms with Crippen LogP contribution in [0.3, 0.4) is 0 Å². The number of hydrogen-bond acceptors (Lipinski definition) is 3. The Balaban J connectivity index is 1.40. The number of hydrogen-bond donors (Lipinski definition) is 2. The van der Waals surface area contributed by atoms with Gasteiger partial charge in [0.1, 0.15) is 0 Å². The first-order chi connectivity index (χ1) is 13.5. The van der Waals surface area contributed by atoms with Crippen molar-refractivity contribution in [3.8, 4) is 0 Å². The fourth-order valence-corrected chi connectivity index (χ4v) is 3.74. The number of benzene rings is 2. The van der Waals surface area contributed by atoms with Gasteiger partial charge in [0.15, 0.2) is 0 Å². The summed E-state index contributed by atoms with van der Waals surface area (Å²) in [5, 5.41) is 5.97. The summed E-state index contributed by atoms with van der Waals surface area (Å²) in [5.74, 6) is 0.108. The molecule has 2 amide bonds. The maximum atomic E-state index is 12.4. The second kappa shape index (κ2) is 9.85. The van der Waals surface area contributed by atoms with E-state index in [1.54, 1.807) is 0 Å². The maximum absolute atomic E-state index is 12.4. The molecule has 2 N–H and O–H groups in total. The van der Waals surface area contributed by atoms with E-state index in [-0.39, 0.29) is 17.7 Å². The number of piperidine rings is 1. The molecule has 1 aliphatic heterocycles. The molecule has 2 aromatic rings. The van der Waals surface area contributed by atoms with Gasteiger partial charge in [-0.3, -0.25) is 14.5 Å². The van der Waals surface area contributed by atoms with E-state index >= 15 is 0 Å². The molecule has 1 saturated heterocycles. The average molecular weight is 444 g/mol. The minimum absolute atomic E-state index is 0.0241. The van der Waals surface area contributed by atoms with Crippen LogP contribution in [0, 0.1) is 12.8 Å². The topological polar surface area (TPSA) is 61.4 Å². The average Bonchev–Trinajstić information content (AvgIpc) is 2.70. The molecule has 0 radical (unpaired) electrons. The molecule has 0 bridgehead atoms. The summed E-state index contributed by atoms with van der Waals surface area (Å²) in [6.07, 6.45) is 1.56. The maximum Gasteiger partial charge on any atom is 0.238 e. The number of likely N-dealkylation sites (tertiary alicyclic amines) is 1. The monoisotopic (exact) mass is 443 g/mol. The minimum Gasteiger partial charge on any atom is -0.352 e. The Morgan fingerprint density at radius 2 is 1.82 bits per heavy atom. The number of carbonyl (C=O) groups excluding carboxylic acids is 2. The molecule has 1 heterocycles. The Bertz CT molecular complexity index is 818. The first kappa shape index (κ1) is 20.6. The van der Waals surface area contributed by atoms with Crippen LogP contribution < -0.4 is 10.6 Å². The van der Waals surface area contributed by atoms with Crippen molar-refractivity contribution in [1.82, 2.24) is 10.2 Å². The van der Waals surface area contributed by atoms with E-state index in [2.05, 4.69) is 31.5 Å². The third-order valence-electron chi connectivity index (χ3n) is 5.09. The zero-order chi connectivity index (χ0) is 19.9. The summed E-state index contributed by atoms with van der Waals surface area (Å²) < 4.78 is 0.979. The number of amides is 2. The lowest BCUT2D eigenvalue weighted by molar-refractivity contribution is -0.126. The highest BCUT2D eigenvalue weighted by Gasteiger charge is 2.25. The van der Waals surface area contributed by atoms with E-state index in [0.29, 0.717) is 13.1 Å². The highest BCUT2D eigenvalue weighted by atomic mass is 79.9. The van der Waals surface area contributed by atoms with Crippen LogP contribution in [0.25, 0.3) is 0 Å². The molecule has 0 saturated carbocycles. The zero-order valence-corrected chi connectivity index (χ0v) is 17.7. The summed E-state index contributed by atoms with van der Waals surface area (Å²) in [6.45, 7) is 4.44. The van der Waals surface area contributed by atoms with Crippen LogP contribution >= 0.6 is 15.9 Å². The Kier molecular flexibility index (Phi) is 7.23. The van der Waals surface area contributed by atoms with Crippen molar-refractivity contribution >= 4 is 33.4 Å². The van der Waals surface area contributed by atoms with Crippen molar-refractivity contribution in [3.63, 3.8) is 0 Å². The van der Waals surface area contributed by atoms with Gasteiger partial charge >= 0.3 is 0 Å². The predicted molar refractivity (Wildman–Crippen MR) is 115 cm³/mol. The molecule has 5 nitrogen and oxygen atoms in total. The zero-order valence-electron chi connectivity index (χ0n) is 16.1. The van der Waals surface area contributed by atoms with Crippen LogP contribution in [0.1, 0.15) is 24.0 Å². The largest absolute Gasteiger partial charge is 0.352 e. The molecule has 6 heteroatoms. The quantitative estimate of drug-likeness (QED) is 0.714. The third kappa shape index (κ3) is 5.91. The Morgan fingerprint density at radius 1 is 1.11 bits per heavy atom. The molecule has 0 aromatic heterocycles. The highest BCUT2D eigenvalue weighted by Crippen LogP contribution is 2.21. The Labute approximate surface area is 174 Å². The van der Waals surface area contributed by atoms with Gasteiger partial charge in [-0.25, -0.2) is 0 Å². The molecule has 3 rings (SSSR count). The van der Waals surface area contributed by atoms with Gasteiger partial charge in [-0.05, 0) is 56.1 Å². The summed E-state index contributed by atoms with van der Waals surface area (Å²) in [7, 11) is 0. The van der Waals surface area contributed by atoms with E-state index in [4.69, 9.17) is 0 Å². The summed E-state index contributed by atoms with van der Waals surface area (Å²) in [6, 6.07) is 15.7. The Morgan fingerprint density at radius 3 is 2.50 bits per heavy atom. The van der Waals surface area contributed by atoms with E-state index in [1.165, 1.54) is 0 Å². The summed E-state index contributed by atoms with van der Waals surface area (Å²) >= 11 is 3.48. The van der Waals surface area contributed by atoms with Gasteiger partial charge in [-0.15, -0.1) is 0 Å². The van der Waals surface area contributed by atoms with Crippen LogP contribution in [0.15, 0.2) is 53.0 Å². The molecule has 0 aliphatic carbocycles. The number of halogens is 1. The van der Waals surface area contributed by atoms with Crippen LogP contribution in [0.4, 0.5) is 5.69 Å². The lowest BCUT2D eigenvalue weighted by atomic mass is 9.96. The number of anilines is 1. The number of carbonyl (C=O) groups is 2. The fraction of sp³-hybridized carbons (Fsp3) is 0.364. The smallest absolute Gasteiger partial charge is 0.238 e. The molecule has 1 fully saturated rings. The molecular weight excluding hydrogens is 418 g/mol. The van der Waals surface area contributed by atoms with Crippen LogP contribution in [0.2, 0.25) is 0 Å². The molecule has 148 valence electrons. The van der Waals surface area contributed by atoms with Crippen molar-refractivity contribution in [3.05, 3.63) is 64.1 Å². The van der Waals surface area contributed by atoms with Crippen LogP contribution in [-0.2, 0) is 16.1 Å². The highest BCUT2D eigenvalue weighted by molar-refractivity contribution is 9.10. The minimum atomic E-state index is -0.0252. The molecule has 0 unspecified atom stereocenters. The Hall–Kier alpha value is -2.18. The van der Waals surface area contributed by atoms with E-state index in [0.717, 1.165) is 47.2 Å². The van der Waals surface area contributed by atoms with Gasteiger partial charge in [-0.2, -0.15) is 0 Å². The number of aryl methyl sites for hydroxylation is 1. The standard InChI is InChI=1S/C22H26BrN3O2/c1-16-7-8-19(13-20(16)23)25-21(27)15-26-11-9-18(10-12-26)22(28)24-14-17-5-3-2-4-6-17/h2-8,13,18H,9-12,14-15H2,1H3,(H,24,28)(H,25,27). The predicted octanol–water partition coefficient (Wildman–Crippen LogP) is 3.72. The van der Waals surface area contributed by atoms with Crippen LogP contribution in [0.5, 0.6) is 0 Å². The second-order valence-corrected chi connectivity index (χ2v) is 8.12. The van der Waals surface area contributed by atoms with E-state index in [9.17, 15) is 9.59 Å².